The molecule has 0 saturated carbocycles. The summed E-state index contributed by atoms with van der Waals surface area (Å²) in [4.78, 5) is 0. The maximum atomic E-state index is 14.5. The van der Waals surface area contributed by atoms with E-state index in [1.807, 2.05) is 31.2 Å². The number of halogens is 1. The molecule has 82 valence electrons. The van der Waals surface area contributed by atoms with E-state index in [1.165, 1.54) is 0 Å². The Labute approximate surface area is 89.4 Å². The van der Waals surface area contributed by atoms with E-state index in [4.69, 9.17) is 4.74 Å². The molecule has 1 saturated heterocycles. The standard InChI is InChI=1S/C12H16FNO/c1-2-15-11-6-4-3-5-10(11)12(13)7-8-14-9-12/h3-6,14H,2,7-9H2,1H3. The summed E-state index contributed by atoms with van der Waals surface area (Å²) in [6.45, 7) is 3.60. The van der Waals surface area contributed by atoms with Crippen LogP contribution in [0.5, 0.6) is 5.75 Å². The maximum Gasteiger partial charge on any atom is 0.153 e. The molecule has 0 aliphatic carbocycles. The van der Waals surface area contributed by atoms with Gasteiger partial charge in [0.15, 0.2) is 5.67 Å². The molecule has 0 spiro atoms. The lowest BCUT2D eigenvalue weighted by Crippen LogP contribution is -2.24. The highest BCUT2D eigenvalue weighted by Gasteiger charge is 2.37. The van der Waals surface area contributed by atoms with Crippen molar-refractivity contribution in [2.75, 3.05) is 19.7 Å². The van der Waals surface area contributed by atoms with Crippen molar-refractivity contribution in [1.82, 2.24) is 5.32 Å². The lowest BCUT2D eigenvalue weighted by molar-refractivity contribution is 0.184. The van der Waals surface area contributed by atoms with Crippen LogP contribution in [0.3, 0.4) is 0 Å². The Balaban J connectivity index is 2.33. The van der Waals surface area contributed by atoms with Crippen LogP contribution in [-0.2, 0) is 5.67 Å². The van der Waals surface area contributed by atoms with Crippen molar-refractivity contribution in [2.45, 2.75) is 19.0 Å². The smallest absolute Gasteiger partial charge is 0.153 e. The number of hydrogen-bond acceptors (Lipinski definition) is 2. The molecule has 15 heavy (non-hydrogen) atoms. The average Bonchev–Trinajstić information content (AvgIpc) is 2.68. The van der Waals surface area contributed by atoms with Crippen molar-refractivity contribution < 1.29 is 9.13 Å². The Morgan fingerprint density at radius 1 is 1.47 bits per heavy atom. The zero-order chi connectivity index (χ0) is 10.7. The highest BCUT2D eigenvalue weighted by molar-refractivity contribution is 5.39. The second kappa shape index (κ2) is 4.19. The first kappa shape index (κ1) is 10.4. The van der Waals surface area contributed by atoms with Crippen LogP contribution in [0.2, 0.25) is 0 Å². The molecule has 1 N–H and O–H groups in total. The van der Waals surface area contributed by atoms with E-state index in [0.717, 1.165) is 6.54 Å². The second-order valence-electron chi connectivity index (χ2n) is 3.82. The summed E-state index contributed by atoms with van der Waals surface area (Å²) in [7, 11) is 0. The Morgan fingerprint density at radius 2 is 2.27 bits per heavy atom. The summed E-state index contributed by atoms with van der Waals surface area (Å²) in [5.74, 6) is 0.672. The first-order chi connectivity index (χ1) is 7.26. The van der Waals surface area contributed by atoms with E-state index in [2.05, 4.69) is 5.32 Å². The minimum atomic E-state index is -1.26. The van der Waals surface area contributed by atoms with E-state index in [-0.39, 0.29) is 0 Å². The third-order valence-electron chi connectivity index (χ3n) is 2.77. The third kappa shape index (κ3) is 1.97. The predicted octanol–water partition coefficient (Wildman–Crippen LogP) is 2.24. The lowest BCUT2D eigenvalue weighted by atomic mass is 9.94. The second-order valence-corrected chi connectivity index (χ2v) is 3.82. The molecule has 1 aliphatic heterocycles. The Kier molecular flexibility index (Phi) is 2.91. The van der Waals surface area contributed by atoms with Gasteiger partial charge in [-0.05, 0) is 26.0 Å². The van der Waals surface area contributed by atoms with E-state index in [0.29, 0.717) is 30.9 Å². The van der Waals surface area contributed by atoms with E-state index >= 15 is 0 Å². The van der Waals surface area contributed by atoms with Crippen LogP contribution in [0.4, 0.5) is 4.39 Å². The number of ether oxygens (including phenoxy) is 1. The van der Waals surface area contributed by atoms with Crippen molar-refractivity contribution >= 4 is 0 Å². The van der Waals surface area contributed by atoms with Crippen molar-refractivity contribution in [2.24, 2.45) is 0 Å². The summed E-state index contributed by atoms with van der Waals surface area (Å²) >= 11 is 0. The molecular formula is C12H16FNO. The molecule has 3 heteroatoms. The van der Waals surface area contributed by atoms with Gasteiger partial charge in [0.2, 0.25) is 0 Å². The molecule has 0 radical (unpaired) electrons. The van der Waals surface area contributed by atoms with Gasteiger partial charge in [-0.1, -0.05) is 18.2 Å². The van der Waals surface area contributed by atoms with Gasteiger partial charge in [-0.15, -0.1) is 0 Å². The van der Waals surface area contributed by atoms with Crippen LogP contribution in [0.1, 0.15) is 18.9 Å². The van der Waals surface area contributed by atoms with Crippen LogP contribution in [-0.4, -0.2) is 19.7 Å². The van der Waals surface area contributed by atoms with E-state index in [9.17, 15) is 4.39 Å². The van der Waals surface area contributed by atoms with Gasteiger partial charge in [-0.3, -0.25) is 0 Å². The molecule has 1 aliphatic rings. The third-order valence-corrected chi connectivity index (χ3v) is 2.77. The normalized spacial score (nSPS) is 25.5. The first-order valence-electron chi connectivity index (χ1n) is 5.38. The number of alkyl halides is 1. The summed E-state index contributed by atoms with van der Waals surface area (Å²) < 4.78 is 19.9. The molecule has 1 aromatic rings. The Hall–Kier alpha value is -1.09. The van der Waals surface area contributed by atoms with Crippen molar-refractivity contribution in [3.8, 4) is 5.75 Å². The zero-order valence-electron chi connectivity index (χ0n) is 8.92. The summed E-state index contributed by atoms with van der Waals surface area (Å²) in [6.07, 6.45) is 0.525. The molecule has 1 heterocycles. The van der Waals surface area contributed by atoms with Crippen LogP contribution >= 0.6 is 0 Å². The van der Waals surface area contributed by atoms with Crippen LogP contribution in [0, 0.1) is 0 Å². The molecule has 1 atom stereocenters. The van der Waals surface area contributed by atoms with Crippen molar-refractivity contribution in [3.63, 3.8) is 0 Å². The van der Waals surface area contributed by atoms with Crippen molar-refractivity contribution in [1.29, 1.82) is 0 Å². The monoisotopic (exact) mass is 209 g/mol. The van der Waals surface area contributed by atoms with Crippen LogP contribution in [0.25, 0.3) is 0 Å². The van der Waals surface area contributed by atoms with Gasteiger partial charge >= 0.3 is 0 Å². The zero-order valence-corrected chi connectivity index (χ0v) is 8.92. The maximum absolute atomic E-state index is 14.5. The van der Waals surface area contributed by atoms with E-state index in [1.54, 1.807) is 0 Å². The first-order valence-corrected chi connectivity index (χ1v) is 5.38. The minimum absolute atomic E-state index is 0.386. The van der Waals surface area contributed by atoms with E-state index < -0.39 is 5.67 Å². The van der Waals surface area contributed by atoms with Crippen LogP contribution in [0.15, 0.2) is 24.3 Å². The Morgan fingerprint density at radius 3 is 2.93 bits per heavy atom. The van der Waals surface area contributed by atoms with Gasteiger partial charge in [-0.2, -0.15) is 0 Å². The molecule has 0 amide bonds. The quantitative estimate of drug-likeness (QED) is 0.824. The number of benzene rings is 1. The summed E-state index contributed by atoms with van der Waals surface area (Å²) in [6, 6.07) is 7.38. The molecule has 1 fully saturated rings. The fraction of sp³-hybridized carbons (Fsp3) is 0.500. The van der Waals surface area contributed by atoms with Crippen molar-refractivity contribution in [3.05, 3.63) is 29.8 Å². The topological polar surface area (TPSA) is 21.3 Å². The number of nitrogens with one attached hydrogen (secondary N) is 1. The molecule has 0 bridgehead atoms. The number of rotatable bonds is 3. The predicted molar refractivity (Wildman–Crippen MR) is 57.9 cm³/mol. The number of hydrogen-bond donors (Lipinski definition) is 1. The molecule has 2 rings (SSSR count). The summed E-state index contributed by atoms with van der Waals surface area (Å²) in [5, 5.41) is 3.05. The summed E-state index contributed by atoms with van der Waals surface area (Å²) in [5.41, 5.74) is -0.581. The largest absolute Gasteiger partial charge is 0.493 e. The minimum Gasteiger partial charge on any atom is -0.493 e. The lowest BCUT2D eigenvalue weighted by Gasteiger charge is -2.21. The molecule has 1 aromatic carbocycles. The fourth-order valence-electron chi connectivity index (χ4n) is 2.01. The van der Waals surface area contributed by atoms with Crippen LogP contribution < -0.4 is 10.1 Å². The average molecular weight is 209 g/mol. The number of para-hydroxylation sites is 1. The highest BCUT2D eigenvalue weighted by Crippen LogP contribution is 2.37. The molecular weight excluding hydrogens is 193 g/mol. The molecule has 2 nitrogen and oxygen atoms in total. The Bertz CT molecular complexity index is 334. The SMILES string of the molecule is CCOc1ccccc1C1(F)CCNC1. The fourth-order valence-corrected chi connectivity index (χ4v) is 2.01. The van der Waals surface area contributed by atoms with Gasteiger partial charge in [0.05, 0.1) is 6.61 Å². The highest BCUT2D eigenvalue weighted by atomic mass is 19.1. The van der Waals surface area contributed by atoms with Gasteiger partial charge in [-0.25, -0.2) is 4.39 Å². The molecule has 0 aromatic heterocycles. The van der Waals surface area contributed by atoms with Gasteiger partial charge in [0.1, 0.15) is 5.75 Å². The van der Waals surface area contributed by atoms with Gasteiger partial charge in [0.25, 0.3) is 0 Å². The molecule has 1 unspecified atom stereocenters. The van der Waals surface area contributed by atoms with Gasteiger partial charge < -0.3 is 10.1 Å². The van der Waals surface area contributed by atoms with Gasteiger partial charge in [0, 0.05) is 12.1 Å².